The Morgan fingerprint density at radius 1 is 1.04 bits per heavy atom. The van der Waals surface area contributed by atoms with Crippen LogP contribution in [0.5, 0.6) is 5.75 Å². The number of fused-ring (bicyclic) bond motifs is 1. The van der Waals surface area contributed by atoms with Gasteiger partial charge in [0.1, 0.15) is 10.6 Å². The number of rotatable bonds is 4. The van der Waals surface area contributed by atoms with E-state index in [4.69, 9.17) is 10.5 Å². The van der Waals surface area contributed by atoms with E-state index in [-0.39, 0.29) is 4.90 Å². The second-order valence-electron chi connectivity index (χ2n) is 6.22. The fourth-order valence-electron chi connectivity index (χ4n) is 2.84. The normalized spacial score (nSPS) is 12.0. The summed E-state index contributed by atoms with van der Waals surface area (Å²) in [5.41, 5.74) is 9.11. The van der Waals surface area contributed by atoms with Gasteiger partial charge in [0.2, 0.25) is 0 Å². The van der Waals surface area contributed by atoms with Crippen LogP contribution in [0.15, 0.2) is 57.6 Å². The number of nitrogen functional groups attached to an aromatic ring is 1. The van der Waals surface area contributed by atoms with Crippen LogP contribution in [0.2, 0.25) is 0 Å². The molecule has 0 aliphatic rings. The number of nitrogens with two attached hydrogens (primary N) is 1. The zero-order valence-electron chi connectivity index (χ0n) is 15.1. The molecule has 0 bridgehead atoms. The lowest BCUT2D eigenvalue weighted by Gasteiger charge is -2.08. The first-order valence-electron chi connectivity index (χ1n) is 8.07. The van der Waals surface area contributed by atoms with Crippen LogP contribution in [0, 0.1) is 13.8 Å². The number of methoxy groups -OCH3 is 1. The van der Waals surface area contributed by atoms with Crippen LogP contribution < -0.4 is 10.5 Å². The number of azo groups is 1. The van der Waals surface area contributed by atoms with E-state index < -0.39 is 10.1 Å². The predicted molar refractivity (Wildman–Crippen MR) is 105 cm³/mol. The molecule has 27 heavy (non-hydrogen) atoms. The van der Waals surface area contributed by atoms with Gasteiger partial charge in [0.05, 0.1) is 24.2 Å². The van der Waals surface area contributed by atoms with Crippen molar-refractivity contribution in [3.05, 3.63) is 53.6 Å². The number of hydrogen-bond acceptors (Lipinski definition) is 6. The average Bonchev–Trinajstić information content (AvgIpc) is 2.59. The van der Waals surface area contributed by atoms with Crippen LogP contribution in [-0.2, 0) is 10.1 Å². The average molecular weight is 385 g/mol. The van der Waals surface area contributed by atoms with Crippen LogP contribution in [0.3, 0.4) is 0 Å². The molecule has 0 saturated carbocycles. The topological polar surface area (TPSA) is 114 Å². The highest BCUT2D eigenvalue weighted by Gasteiger charge is 2.15. The number of aryl methyl sites for hydroxylation is 2. The first kappa shape index (κ1) is 18.8. The maximum absolute atomic E-state index is 11.6. The highest BCUT2D eigenvalue weighted by atomic mass is 32.2. The summed E-state index contributed by atoms with van der Waals surface area (Å²) in [4.78, 5) is -0.125. The fraction of sp³-hybridized carbons (Fsp3) is 0.158. The molecule has 7 nitrogen and oxygen atoms in total. The van der Waals surface area contributed by atoms with E-state index >= 15 is 0 Å². The van der Waals surface area contributed by atoms with Gasteiger partial charge in [-0.3, -0.25) is 4.55 Å². The quantitative estimate of drug-likeness (QED) is 0.383. The van der Waals surface area contributed by atoms with Gasteiger partial charge < -0.3 is 10.5 Å². The minimum Gasteiger partial charge on any atom is -0.495 e. The Morgan fingerprint density at radius 2 is 1.78 bits per heavy atom. The molecular formula is C19H19N3O4S. The molecule has 0 heterocycles. The zero-order valence-corrected chi connectivity index (χ0v) is 15.9. The summed E-state index contributed by atoms with van der Waals surface area (Å²) < 4.78 is 37.9. The maximum atomic E-state index is 11.6. The molecule has 0 aliphatic carbocycles. The van der Waals surface area contributed by atoms with Gasteiger partial charge in [-0.2, -0.15) is 18.6 Å². The van der Waals surface area contributed by atoms with Gasteiger partial charge in [-0.1, -0.05) is 12.1 Å². The highest BCUT2D eigenvalue weighted by molar-refractivity contribution is 7.86. The van der Waals surface area contributed by atoms with Crippen LogP contribution in [0.4, 0.5) is 17.1 Å². The van der Waals surface area contributed by atoms with E-state index in [1.165, 1.54) is 13.2 Å². The molecule has 3 aromatic carbocycles. The zero-order chi connectivity index (χ0) is 19.8. The van der Waals surface area contributed by atoms with Crippen molar-refractivity contribution in [2.45, 2.75) is 18.7 Å². The van der Waals surface area contributed by atoms with Crippen molar-refractivity contribution in [2.75, 3.05) is 12.8 Å². The molecule has 0 radical (unpaired) electrons. The Labute approximate surface area is 157 Å². The van der Waals surface area contributed by atoms with Gasteiger partial charge in [0, 0.05) is 11.5 Å². The summed E-state index contributed by atoms with van der Waals surface area (Å²) in [6.45, 7) is 3.62. The molecule has 3 aromatic rings. The fourth-order valence-corrected chi connectivity index (χ4v) is 3.64. The van der Waals surface area contributed by atoms with Gasteiger partial charge in [0.25, 0.3) is 10.1 Å². The lowest BCUT2D eigenvalue weighted by atomic mass is 10.1. The Balaban J connectivity index is 2.05. The predicted octanol–water partition coefficient (Wildman–Crippen LogP) is 4.71. The van der Waals surface area contributed by atoms with Crippen molar-refractivity contribution < 1.29 is 17.7 Å². The standard InChI is InChI=1S/C19H19N3O4S/c1-11-6-13-9-14(4-5-15(13)19(7-11)27(23,24)25)21-22-17-10-18(26-3)16(20)8-12(17)2/h4-10H,20H2,1-3H3,(H,23,24,25). The molecule has 0 saturated heterocycles. The molecule has 0 fully saturated rings. The SMILES string of the molecule is COc1cc(N=Nc2ccc3c(S(=O)(=O)O)cc(C)cc3c2)c(C)cc1N. The third-order valence-electron chi connectivity index (χ3n) is 4.14. The van der Waals surface area contributed by atoms with E-state index in [2.05, 4.69) is 10.2 Å². The second-order valence-corrected chi connectivity index (χ2v) is 7.61. The molecule has 0 spiro atoms. The van der Waals surface area contributed by atoms with E-state index in [1.807, 2.05) is 13.0 Å². The maximum Gasteiger partial charge on any atom is 0.295 e. The van der Waals surface area contributed by atoms with Crippen molar-refractivity contribution in [3.8, 4) is 5.75 Å². The number of ether oxygens (including phenoxy) is 1. The number of benzene rings is 3. The molecule has 140 valence electrons. The third-order valence-corrected chi connectivity index (χ3v) is 5.04. The third kappa shape index (κ3) is 3.91. The van der Waals surface area contributed by atoms with Crippen molar-refractivity contribution in [1.29, 1.82) is 0 Å². The molecule has 0 unspecified atom stereocenters. The molecule has 8 heteroatoms. The molecule has 0 aromatic heterocycles. The van der Waals surface area contributed by atoms with Gasteiger partial charge in [-0.05, 0) is 54.6 Å². The Bertz CT molecular complexity index is 1170. The van der Waals surface area contributed by atoms with E-state index in [1.54, 1.807) is 37.3 Å². The molecule has 0 atom stereocenters. The van der Waals surface area contributed by atoms with E-state index in [0.29, 0.717) is 39.1 Å². The summed E-state index contributed by atoms with van der Waals surface area (Å²) >= 11 is 0. The monoisotopic (exact) mass is 385 g/mol. The summed E-state index contributed by atoms with van der Waals surface area (Å²) in [5.74, 6) is 0.515. The van der Waals surface area contributed by atoms with Crippen LogP contribution in [-0.4, -0.2) is 20.1 Å². The second kappa shape index (κ2) is 6.98. The van der Waals surface area contributed by atoms with Crippen molar-refractivity contribution >= 4 is 38.0 Å². The Kier molecular flexibility index (Phi) is 4.86. The highest BCUT2D eigenvalue weighted by Crippen LogP contribution is 2.33. The summed E-state index contributed by atoms with van der Waals surface area (Å²) in [6.07, 6.45) is 0. The molecular weight excluding hydrogens is 366 g/mol. The van der Waals surface area contributed by atoms with E-state index in [0.717, 1.165) is 5.56 Å². The molecule has 0 aliphatic heterocycles. The summed E-state index contributed by atoms with van der Waals surface area (Å²) in [5, 5.41) is 9.55. The largest absolute Gasteiger partial charge is 0.495 e. The lowest BCUT2D eigenvalue weighted by Crippen LogP contribution is -1.99. The lowest BCUT2D eigenvalue weighted by molar-refractivity contribution is 0.417. The van der Waals surface area contributed by atoms with Gasteiger partial charge >= 0.3 is 0 Å². The Morgan fingerprint density at radius 3 is 2.44 bits per heavy atom. The smallest absolute Gasteiger partial charge is 0.295 e. The van der Waals surface area contributed by atoms with Crippen LogP contribution >= 0.6 is 0 Å². The van der Waals surface area contributed by atoms with Crippen LogP contribution in [0.25, 0.3) is 10.8 Å². The molecule has 3 rings (SSSR count). The van der Waals surface area contributed by atoms with Crippen molar-refractivity contribution in [3.63, 3.8) is 0 Å². The molecule has 0 amide bonds. The first-order valence-corrected chi connectivity index (χ1v) is 9.51. The van der Waals surface area contributed by atoms with Gasteiger partial charge in [-0.25, -0.2) is 0 Å². The number of nitrogens with zero attached hydrogens (tertiary/aromatic N) is 2. The molecule has 3 N–H and O–H groups in total. The Hall–Kier alpha value is -2.97. The minimum atomic E-state index is -4.32. The minimum absolute atomic E-state index is 0.125. The number of anilines is 1. The van der Waals surface area contributed by atoms with Crippen LogP contribution in [0.1, 0.15) is 11.1 Å². The number of hydrogen-bond donors (Lipinski definition) is 2. The van der Waals surface area contributed by atoms with Crippen molar-refractivity contribution in [1.82, 2.24) is 0 Å². The van der Waals surface area contributed by atoms with Crippen molar-refractivity contribution in [2.24, 2.45) is 10.2 Å². The first-order chi connectivity index (χ1) is 12.7. The van der Waals surface area contributed by atoms with Gasteiger partial charge in [0.15, 0.2) is 0 Å². The van der Waals surface area contributed by atoms with E-state index in [9.17, 15) is 13.0 Å². The summed E-state index contributed by atoms with van der Waals surface area (Å²) in [6, 6.07) is 11.7. The van der Waals surface area contributed by atoms with Gasteiger partial charge in [-0.15, -0.1) is 0 Å². The summed E-state index contributed by atoms with van der Waals surface area (Å²) in [7, 11) is -2.79.